The van der Waals surface area contributed by atoms with Gasteiger partial charge in [-0.05, 0) is 23.8 Å². The van der Waals surface area contributed by atoms with Crippen molar-refractivity contribution >= 4 is 5.97 Å². The number of halogens is 1. The van der Waals surface area contributed by atoms with Gasteiger partial charge < -0.3 is 9.47 Å². The molecule has 1 heterocycles. The van der Waals surface area contributed by atoms with Crippen molar-refractivity contribution in [1.82, 2.24) is 4.98 Å². The smallest absolute Gasteiger partial charge is 0.341 e. The minimum absolute atomic E-state index is 0.0534. The number of carbonyl (C=O) groups excluding carboxylic acids is 1. The molecule has 19 heavy (non-hydrogen) atoms. The first-order valence-corrected chi connectivity index (χ1v) is 5.60. The summed E-state index contributed by atoms with van der Waals surface area (Å²) in [5, 5.41) is 0. The van der Waals surface area contributed by atoms with Gasteiger partial charge in [0, 0.05) is 6.20 Å². The van der Waals surface area contributed by atoms with Crippen molar-refractivity contribution in [1.29, 1.82) is 0 Å². The van der Waals surface area contributed by atoms with E-state index in [0.29, 0.717) is 5.75 Å². The molecule has 5 heteroatoms. The average molecular weight is 261 g/mol. The molecule has 0 aliphatic rings. The van der Waals surface area contributed by atoms with Crippen LogP contribution in [0.1, 0.15) is 15.9 Å². The lowest BCUT2D eigenvalue weighted by molar-refractivity contribution is 0.0467. The number of methoxy groups -OCH3 is 1. The van der Waals surface area contributed by atoms with E-state index >= 15 is 0 Å². The first-order valence-electron chi connectivity index (χ1n) is 5.60. The van der Waals surface area contributed by atoms with Crippen LogP contribution in [0.5, 0.6) is 5.75 Å². The molecule has 0 saturated carbocycles. The maximum atomic E-state index is 13.3. The van der Waals surface area contributed by atoms with Crippen LogP contribution in [0, 0.1) is 5.82 Å². The Bertz CT molecular complexity index is 586. The number of nitrogens with zero attached hydrogens (tertiary/aromatic N) is 1. The summed E-state index contributed by atoms with van der Waals surface area (Å²) in [4.78, 5) is 15.2. The summed E-state index contributed by atoms with van der Waals surface area (Å²) in [5.74, 6) is -0.746. The van der Waals surface area contributed by atoms with Crippen LogP contribution in [0.3, 0.4) is 0 Å². The topological polar surface area (TPSA) is 48.4 Å². The molecule has 0 fully saturated rings. The number of aromatic nitrogens is 1. The van der Waals surface area contributed by atoms with Gasteiger partial charge in [-0.3, -0.25) is 4.98 Å². The highest BCUT2D eigenvalue weighted by atomic mass is 19.1. The fourth-order valence-corrected chi connectivity index (χ4v) is 1.53. The van der Waals surface area contributed by atoms with E-state index in [1.54, 1.807) is 31.4 Å². The van der Waals surface area contributed by atoms with Gasteiger partial charge in [-0.2, -0.15) is 0 Å². The van der Waals surface area contributed by atoms with Crippen molar-refractivity contribution in [2.24, 2.45) is 0 Å². The molecule has 2 aromatic rings. The third-order valence-corrected chi connectivity index (χ3v) is 2.50. The zero-order valence-electron chi connectivity index (χ0n) is 10.3. The number of rotatable bonds is 4. The van der Waals surface area contributed by atoms with Gasteiger partial charge in [0.05, 0.1) is 18.9 Å². The Labute approximate surface area is 109 Å². The van der Waals surface area contributed by atoms with E-state index in [2.05, 4.69) is 4.98 Å². The molecule has 0 saturated heterocycles. The first kappa shape index (κ1) is 13.0. The number of carbonyl (C=O) groups is 1. The molecule has 1 aromatic carbocycles. The summed E-state index contributed by atoms with van der Waals surface area (Å²) in [7, 11) is 1.55. The van der Waals surface area contributed by atoms with E-state index in [1.165, 1.54) is 12.3 Å². The Morgan fingerprint density at radius 1 is 1.37 bits per heavy atom. The van der Waals surface area contributed by atoms with E-state index in [-0.39, 0.29) is 12.2 Å². The summed E-state index contributed by atoms with van der Waals surface area (Å²) in [5.41, 5.74) is 0.639. The van der Waals surface area contributed by atoms with Crippen molar-refractivity contribution in [3.05, 3.63) is 59.7 Å². The lowest BCUT2D eigenvalue weighted by Gasteiger charge is -2.06. The van der Waals surface area contributed by atoms with Gasteiger partial charge in [-0.15, -0.1) is 0 Å². The molecule has 0 aliphatic carbocycles. The minimum Gasteiger partial charge on any atom is -0.497 e. The molecule has 0 spiro atoms. The largest absolute Gasteiger partial charge is 0.497 e. The fourth-order valence-electron chi connectivity index (χ4n) is 1.53. The second-order valence-electron chi connectivity index (χ2n) is 3.78. The van der Waals surface area contributed by atoms with E-state index in [9.17, 15) is 9.18 Å². The summed E-state index contributed by atoms with van der Waals surface area (Å²) in [6.45, 7) is 0.0534. The van der Waals surface area contributed by atoms with Crippen molar-refractivity contribution in [3.63, 3.8) is 0 Å². The Balaban J connectivity index is 2.02. The fraction of sp³-hybridized carbons (Fsp3) is 0.143. The zero-order chi connectivity index (χ0) is 13.7. The Kier molecular flexibility index (Phi) is 4.07. The molecule has 0 amide bonds. The van der Waals surface area contributed by atoms with E-state index in [4.69, 9.17) is 9.47 Å². The molecule has 2 rings (SSSR count). The zero-order valence-corrected chi connectivity index (χ0v) is 10.3. The predicted molar refractivity (Wildman–Crippen MR) is 66.3 cm³/mol. The quantitative estimate of drug-likeness (QED) is 0.794. The van der Waals surface area contributed by atoms with Gasteiger partial charge >= 0.3 is 5.97 Å². The van der Waals surface area contributed by atoms with Crippen molar-refractivity contribution in [2.45, 2.75) is 6.61 Å². The standard InChI is InChI=1S/C14H12FNO3/c1-18-11-4-2-3-10(7-11)9-19-14(17)12-5-6-16-8-13(12)15/h2-8H,9H2,1H3. The molecule has 0 bridgehead atoms. The molecular weight excluding hydrogens is 249 g/mol. The van der Waals surface area contributed by atoms with Crippen molar-refractivity contribution in [2.75, 3.05) is 7.11 Å². The van der Waals surface area contributed by atoms with Crippen LogP contribution in [0.25, 0.3) is 0 Å². The number of hydrogen-bond donors (Lipinski definition) is 0. The Morgan fingerprint density at radius 2 is 2.21 bits per heavy atom. The maximum Gasteiger partial charge on any atom is 0.341 e. The summed E-state index contributed by atoms with van der Waals surface area (Å²) in [6, 6.07) is 8.39. The Hall–Kier alpha value is -2.43. The molecule has 0 aliphatic heterocycles. The van der Waals surface area contributed by atoms with Crippen LogP contribution >= 0.6 is 0 Å². The van der Waals surface area contributed by atoms with Crippen LogP contribution in [0.15, 0.2) is 42.7 Å². The normalized spacial score (nSPS) is 10.0. The number of pyridine rings is 1. The predicted octanol–water partition coefficient (Wildman–Crippen LogP) is 2.59. The highest BCUT2D eigenvalue weighted by molar-refractivity contribution is 5.89. The lowest BCUT2D eigenvalue weighted by Crippen LogP contribution is -2.07. The van der Waals surface area contributed by atoms with E-state index in [1.807, 2.05) is 0 Å². The highest BCUT2D eigenvalue weighted by Crippen LogP contribution is 2.14. The van der Waals surface area contributed by atoms with Gasteiger partial charge in [0.2, 0.25) is 0 Å². The van der Waals surface area contributed by atoms with Crippen LogP contribution in [-0.2, 0) is 11.3 Å². The summed E-state index contributed by atoms with van der Waals surface area (Å²) < 4.78 is 23.4. The van der Waals surface area contributed by atoms with Crippen LogP contribution < -0.4 is 4.74 Å². The van der Waals surface area contributed by atoms with Crippen LogP contribution in [0.4, 0.5) is 4.39 Å². The van der Waals surface area contributed by atoms with Gasteiger partial charge in [-0.1, -0.05) is 12.1 Å². The molecule has 0 atom stereocenters. The lowest BCUT2D eigenvalue weighted by atomic mass is 10.2. The Morgan fingerprint density at radius 3 is 2.95 bits per heavy atom. The monoisotopic (exact) mass is 261 g/mol. The second kappa shape index (κ2) is 5.95. The molecule has 1 aromatic heterocycles. The molecule has 4 nitrogen and oxygen atoms in total. The number of esters is 1. The maximum absolute atomic E-state index is 13.3. The average Bonchev–Trinajstić information content (AvgIpc) is 2.45. The third kappa shape index (κ3) is 3.28. The number of ether oxygens (including phenoxy) is 2. The number of benzene rings is 1. The number of hydrogen-bond acceptors (Lipinski definition) is 4. The first-order chi connectivity index (χ1) is 9.20. The highest BCUT2D eigenvalue weighted by Gasteiger charge is 2.12. The molecule has 98 valence electrons. The van der Waals surface area contributed by atoms with E-state index in [0.717, 1.165) is 11.8 Å². The van der Waals surface area contributed by atoms with Gasteiger partial charge in [-0.25, -0.2) is 9.18 Å². The molecular formula is C14H12FNO3. The summed E-state index contributed by atoms with van der Waals surface area (Å²) in [6.07, 6.45) is 2.31. The molecule has 0 unspecified atom stereocenters. The van der Waals surface area contributed by atoms with Crippen LogP contribution in [0.2, 0.25) is 0 Å². The van der Waals surface area contributed by atoms with Crippen molar-refractivity contribution < 1.29 is 18.7 Å². The SMILES string of the molecule is COc1cccc(COC(=O)c2ccncc2F)c1. The summed E-state index contributed by atoms with van der Waals surface area (Å²) >= 11 is 0. The van der Waals surface area contributed by atoms with Gasteiger partial charge in [0.25, 0.3) is 0 Å². The van der Waals surface area contributed by atoms with Gasteiger partial charge in [0.1, 0.15) is 12.4 Å². The second-order valence-corrected chi connectivity index (χ2v) is 3.78. The van der Waals surface area contributed by atoms with E-state index < -0.39 is 11.8 Å². The third-order valence-electron chi connectivity index (χ3n) is 2.50. The van der Waals surface area contributed by atoms with Crippen molar-refractivity contribution in [3.8, 4) is 5.75 Å². The molecule has 0 radical (unpaired) electrons. The van der Waals surface area contributed by atoms with Crippen LogP contribution in [-0.4, -0.2) is 18.1 Å². The molecule has 0 N–H and O–H groups in total. The van der Waals surface area contributed by atoms with Gasteiger partial charge in [0.15, 0.2) is 5.82 Å². The minimum atomic E-state index is -0.720.